The first-order valence-electron chi connectivity index (χ1n) is 7.34. The van der Waals surface area contributed by atoms with Crippen molar-refractivity contribution in [1.82, 2.24) is 0 Å². The molecule has 0 fully saturated rings. The molecule has 0 aromatic heterocycles. The maximum Gasteiger partial charge on any atom is 0.145 e. The summed E-state index contributed by atoms with van der Waals surface area (Å²) in [6.45, 7) is 5.61. The fourth-order valence-electron chi connectivity index (χ4n) is 2.38. The molecule has 1 unspecified atom stereocenters. The van der Waals surface area contributed by atoms with Crippen LogP contribution in [0.2, 0.25) is 0 Å². The van der Waals surface area contributed by atoms with Gasteiger partial charge in [-0.25, -0.2) is 0 Å². The number of rotatable bonds is 12. The normalized spacial score (nSPS) is 13.1. The Labute approximate surface area is 106 Å². The van der Waals surface area contributed by atoms with Crippen LogP contribution in [-0.2, 0) is 4.43 Å². The summed E-state index contributed by atoms with van der Waals surface area (Å²) < 4.78 is 5.24. The Hall–Kier alpha value is 0.177. The molecule has 1 nitrogen and oxygen atoms in total. The zero-order valence-corrected chi connectivity index (χ0v) is 13.8. The number of hydrogen-bond donors (Lipinski definition) is 0. The lowest BCUT2D eigenvalue weighted by molar-refractivity contribution is 0.315. The van der Waals surface area contributed by atoms with Crippen molar-refractivity contribution in [3.8, 4) is 0 Å². The molecule has 2 heteroatoms. The molecule has 0 aromatic rings. The summed E-state index contributed by atoms with van der Waals surface area (Å²) in [4.78, 5) is 0. The molecule has 0 aliphatic heterocycles. The van der Waals surface area contributed by atoms with Gasteiger partial charge in [-0.1, -0.05) is 71.6 Å². The predicted octanol–water partition coefficient (Wildman–Crippen LogP) is 3.84. The van der Waals surface area contributed by atoms with Crippen molar-refractivity contribution in [2.75, 3.05) is 6.61 Å². The summed E-state index contributed by atoms with van der Waals surface area (Å²) in [6.07, 6.45) is 14.0. The van der Waals surface area contributed by atoms with Crippen molar-refractivity contribution in [2.24, 2.45) is 5.92 Å². The van der Waals surface area contributed by atoms with Crippen molar-refractivity contribution in [3.05, 3.63) is 0 Å². The van der Waals surface area contributed by atoms with Crippen molar-refractivity contribution in [1.29, 1.82) is 0 Å². The van der Waals surface area contributed by atoms with Gasteiger partial charge in [-0.05, 0) is 12.3 Å². The fourth-order valence-corrected chi connectivity index (χ4v) is 2.67. The second kappa shape index (κ2) is 13.2. The van der Waals surface area contributed by atoms with E-state index in [0.29, 0.717) is 0 Å². The van der Waals surface area contributed by atoms with Crippen LogP contribution in [0, 0.1) is 5.92 Å². The highest BCUT2D eigenvalue weighted by Crippen LogP contribution is 2.21. The number of unbranched alkanes of at least 4 members (excludes halogenated alkanes) is 4. The molecular weight excluding hydrogens is 212 g/mol. The van der Waals surface area contributed by atoms with Gasteiger partial charge in [-0.3, -0.25) is 0 Å². The minimum absolute atomic E-state index is 0.906. The molecule has 0 aliphatic carbocycles. The van der Waals surface area contributed by atoms with E-state index >= 15 is 0 Å². The molecule has 0 aliphatic rings. The molecule has 0 heterocycles. The fraction of sp³-hybridized carbons (Fsp3) is 1.00. The minimum Gasteiger partial charge on any atom is -0.428 e. The molecule has 16 heavy (non-hydrogen) atoms. The van der Waals surface area contributed by atoms with E-state index < -0.39 is 0 Å². The Morgan fingerprint density at radius 2 is 1.50 bits per heavy atom. The summed E-state index contributed by atoms with van der Waals surface area (Å²) in [5, 5.41) is 0. The van der Waals surface area contributed by atoms with Crippen LogP contribution in [0.1, 0.15) is 78.1 Å². The molecule has 1 atom stereocenters. The van der Waals surface area contributed by atoms with E-state index in [9.17, 15) is 0 Å². The van der Waals surface area contributed by atoms with Crippen LogP contribution in [0.3, 0.4) is 0 Å². The second-order valence-corrected chi connectivity index (χ2v) is 5.57. The molecular formula is C14H32OSi. The van der Waals surface area contributed by atoms with Crippen LogP contribution in [0.5, 0.6) is 0 Å². The van der Waals surface area contributed by atoms with Crippen molar-refractivity contribution in [2.45, 2.75) is 78.1 Å². The van der Waals surface area contributed by atoms with Crippen molar-refractivity contribution in [3.63, 3.8) is 0 Å². The lowest BCUT2D eigenvalue weighted by atomic mass is 9.91. The average Bonchev–Trinajstić information content (AvgIpc) is 2.30. The summed E-state index contributed by atoms with van der Waals surface area (Å²) in [7, 11) is 0.906. The third kappa shape index (κ3) is 10.7. The van der Waals surface area contributed by atoms with E-state index in [1.165, 1.54) is 64.2 Å². The first kappa shape index (κ1) is 16.2. The van der Waals surface area contributed by atoms with Crippen LogP contribution < -0.4 is 0 Å². The van der Waals surface area contributed by atoms with Gasteiger partial charge < -0.3 is 4.43 Å². The topological polar surface area (TPSA) is 9.23 Å². The average molecular weight is 244 g/mol. The Morgan fingerprint density at radius 1 is 0.812 bits per heavy atom. The summed E-state index contributed by atoms with van der Waals surface area (Å²) >= 11 is 0. The quantitative estimate of drug-likeness (QED) is 0.374. The van der Waals surface area contributed by atoms with Gasteiger partial charge in [-0.15, -0.1) is 0 Å². The molecule has 0 amide bonds. The van der Waals surface area contributed by atoms with E-state index in [1.54, 1.807) is 0 Å². The van der Waals surface area contributed by atoms with Gasteiger partial charge in [0.2, 0.25) is 0 Å². The van der Waals surface area contributed by atoms with E-state index in [0.717, 1.165) is 23.0 Å². The van der Waals surface area contributed by atoms with Crippen LogP contribution in [-0.4, -0.2) is 17.1 Å². The van der Waals surface area contributed by atoms with Crippen LogP contribution >= 0.6 is 0 Å². The van der Waals surface area contributed by atoms with E-state index in [4.69, 9.17) is 4.43 Å². The zero-order valence-electron chi connectivity index (χ0n) is 11.8. The van der Waals surface area contributed by atoms with Gasteiger partial charge in [0.1, 0.15) is 10.5 Å². The first-order chi connectivity index (χ1) is 7.85. The predicted molar refractivity (Wildman–Crippen MR) is 76.9 cm³/mol. The van der Waals surface area contributed by atoms with Gasteiger partial charge in [0, 0.05) is 6.61 Å². The van der Waals surface area contributed by atoms with Gasteiger partial charge in [-0.2, -0.15) is 0 Å². The SMILES string of the molecule is CCCCCCC(CCC)CCCCO[SiH3]. The largest absolute Gasteiger partial charge is 0.428 e. The molecule has 0 radical (unpaired) electrons. The zero-order chi connectivity index (χ0) is 12.1. The summed E-state index contributed by atoms with van der Waals surface area (Å²) in [6, 6.07) is 0. The minimum atomic E-state index is 0.906. The Morgan fingerprint density at radius 3 is 2.06 bits per heavy atom. The third-order valence-electron chi connectivity index (χ3n) is 3.37. The van der Waals surface area contributed by atoms with Crippen LogP contribution in [0.15, 0.2) is 0 Å². The molecule has 0 saturated heterocycles. The molecule has 98 valence electrons. The first-order valence-corrected chi connectivity index (χ1v) is 8.15. The third-order valence-corrected chi connectivity index (χ3v) is 3.78. The highest BCUT2D eigenvalue weighted by Gasteiger charge is 2.06. The molecule has 0 rings (SSSR count). The van der Waals surface area contributed by atoms with Crippen LogP contribution in [0.4, 0.5) is 0 Å². The molecule has 0 aromatic carbocycles. The lowest BCUT2D eigenvalue weighted by Gasteiger charge is -2.15. The Balaban J connectivity index is 3.45. The Bertz CT molecular complexity index is 116. The summed E-state index contributed by atoms with van der Waals surface area (Å²) in [5.74, 6) is 0.996. The van der Waals surface area contributed by atoms with E-state index in [2.05, 4.69) is 13.8 Å². The molecule has 0 saturated carbocycles. The molecule has 0 N–H and O–H groups in total. The lowest BCUT2D eigenvalue weighted by Crippen LogP contribution is -2.01. The summed E-state index contributed by atoms with van der Waals surface area (Å²) in [5.41, 5.74) is 0. The molecule has 0 spiro atoms. The maximum atomic E-state index is 5.24. The highest BCUT2D eigenvalue weighted by atomic mass is 28.2. The van der Waals surface area contributed by atoms with Crippen LogP contribution in [0.25, 0.3) is 0 Å². The monoisotopic (exact) mass is 244 g/mol. The Kier molecular flexibility index (Phi) is 13.4. The van der Waals surface area contributed by atoms with Gasteiger partial charge >= 0.3 is 0 Å². The second-order valence-electron chi connectivity index (χ2n) is 4.99. The molecule has 0 bridgehead atoms. The van der Waals surface area contributed by atoms with Crippen molar-refractivity contribution < 1.29 is 4.43 Å². The van der Waals surface area contributed by atoms with Crippen molar-refractivity contribution >= 4 is 10.5 Å². The maximum absolute atomic E-state index is 5.24. The number of hydrogen-bond acceptors (Lipinski definition) is 1. The standard InChI is InChI=1S/C14H32OSi/c1-3-5-6-7-11-14(10-4-2)12-8-9-13-15-16/h14H,3-13H2,1-2,16H3. The van der Waals surface area contributed by atoms with E-state index in [-0.39, 0.29) is 0 Å². The van der Waals surface area contributed by atoms with Gasteiger partial charge in [0.05, 0.1) is 0 Å². The van der Waals surface area contributed by atoms with Gasteiger partial charge in [0.25, 0.3) is 0 Å². The van der Waals surface area contributed by atoms with Gasteiger partial charge in [0.15, 0.2) is 0 Å². The highest BCUT2D eigenvalue weighted by molar-refractivity contribution is 5.97. The van der Waals surface area contributed by atoms with E-state index in [1.807, 2.05) is 0 Å². The smallest absolute Gasteiger partial charge is 0.145 e.